The number of aromatic nitrogens is 1. The van der Waals surface area contributed by atoms with E-state index < -0.39 is 10.0 Å². The highest BCUT2D eigenvalue weighted by molar-refractivity contribution is 7.89. The molecule has 1 amide bonds. The minimum absolute atomic E-state index is 0.0519. The lowest BCUT2D eigenvalue weighted by molar-refractivity contribution is 0.0994. The van der Waals surface area contributed by atoms with E-state index in [2.05, 4.69) is 10.3 Å². The van der Waals surface area contributed by atoms with Crippen molar-refractivity contribution in [3.8, 4) is 0 Å². The van der Waals surface area contributed by atoms with Crippen LogP contribution in [0.15, 0.2) is 36.5 Å². The first-order chi connectivity index (χ1) is 15.3. The van der Waals surface area contributed by atoms with Crippen molar-refractivity contribution in [1.82, 2.24) is 9.29 Å². The van der Waals surface area contributed by atoms with Crippen LogP contribution in [0.1, 0.15) is 42.5 Å². The Kier molecular flexibility index (Phi) is 5.33. The number of fused-ring (bicyclic) bond motifs is 2. The molecule has 8 nitrogen and oxygen atoms in total. The number of benzene rings is 1. The highest BCUT2D eigenvalue weighted by Crippen LogP contribution is 2.40. The summed E-state index contributed by atoms with van der Waals surface area (Å²) in [5, 5.41) is 3.54. The molecule has 32 heavy (non-hydrogen) atoms. The number of nitrogens with zero attached hydrogens (tertiary/aromatic N) is 4. The largest absolute Gasteiger partial charge is 0.367 e. The smallest absolute Gasteiger partial charge is 0.260 e. The Bertz CT molecular complexity index is 1140. The van der Waals surface area contributed by atoms with Gasteiger partial charge >= 0.3 is 0 Å². The number of carbonyl (C=O) groups excluding carboxylic acids is 1. The Morgan fingerprint density at radius 1 is 1.00 bits per heavy atom. The number of anilines is 4. The number of hydrogen-bond donors (Lipinski definition) is 1. The molecular weight excluding hydrogens is 426 g/mol. The summed E-state index contributed by atoms with van der Waals surface area (Å²) >= 11 is 0. The van der Waals surface area contributed by atoms with Gasteiger partial charge in [-0.3, -0.25) is 4.79 Å². The fourth-order valence-electron chi connectivity index (χ4n) is 5.20. The molecule has 0 atom stereocenters. The molecule has 1 saturated heterocycles. The third-order valence-electron chi connectivity index (χ3n) is 6.98. The minimum atomic E-state index is -3.05. The lowest BCUT2D eigenvalue weighted by Crippen LogP contribution is -2.41. The lowest BCUT2D eigenvalue weighted by Gasteiger charge is -2.34. The highest BCUT2D eigenvalue weighted by atomic mass is 32.2. The zero-order chi connectivity index (χ0) is 22.5. The van der Waals surface area contributed by atoms with Gasteiger partial charge in [-0.15, -0.1) is 0 Å². The van der Waals surface area contributed by atoms with Crippen molar-refractivity contribution in [2.24, 2.45) is 0 Å². The van der Waals surface area contributed by atoms with Crippen LogP contribution in [0.2, 0.25) is 0 Å². The summed E-state index contributed by atoms with van der Waals surface area (Å²) < 4.78 is 26.2. The van der Waals surface area contributed by atoms with Crippen molar-refractivity contribution < 1.29 is 13.2 Å². The molecule has 2 aromatic rings. The summed E-state index contributed by atoms with van der Waals surface area (Å²) in [7, 11) is 0.691. The second kappa shape index (κ2) is 8.04. The van der Waals surface area contributed by atoms with E-state index in [-0.39, 0.29) is 23.7 Å². The summed E-state index contributed by atoms with van der Waals surface area (Å²) in [5.41, 5.74) is 3.22. The minimum Gasteiger partial charge on any atom is -0.367 e. The first kappa shape index (κ1) is 21.2. The molecule has 0 bridgehead atoms. The van der Waals surface area contributed by atoms with Crippen LogP contribution < -0.4 is 15.1 Å². The van der Waals surface area contributed by atoms with Crippen LogP contribution >= 0.6 is 0 Å². The molecule has 170 valence electrons. The fraction of sp³-hybridized carbons (Fsp3) is 0.478. The zero-order valence-corrected chi connectivity index (χ0v) is 19.3. The number of sulfonamides is 1. The van der Waals surface area contributed by atoms with Gasteiger partial charge in [0.15, 0.2) is 0 Å². The first-order valence-corrected chi connectivity index (χ1v) is 12.8. The highest BCUT2D eigenvalue weighted by Gasteiger charge is 2.36. The predicted octanol–water partition coefficient (Wildman–Crippen LogP) is 3.20. The number of amides is 1. The SMILES string of the molecule is CN1C(=O)c2ccccc2N(C)c2cc(N[C@H]3CC[C@H](N4CCCS4(=O)=O)CC3)ncc21. The van der Waals surface area contributed by atoms with E-state index in [1.54, 1.807) is 22.4 Å². The van der Waals surface area contributed by atoms with Gasteiger partial charge < -0.3 is 15.1 Å². The van der Waals surface area contributed by atoms with E-state index in [4.69, 9.17) is 0 Å². The Morgan fingerprint density at radius 3 is 2.47 bits per heavy atom. The third-order valence-corrected chi connectivity index (χ3v) is 8.98. The maximum atomic E-state index is 12.9. The van der Waals surface area contributed by atoms with Crippen LogP contribution in [-0.4, -0.2) is 62.1 Å². The Morgan fingerprint density at radius 2 is 1.75 bits per heavy atom. The number of nitrogens with one attached hydrogen (secondary N) is 1. The van der Waals surface area contributed by atoms with Gasteiger partial charge in [-0.1, -0.05) is 12.1 Å². The number of hydrogen-bond acceptors (Lipinski definition) is 6. The monoisotopic (exact) mass is 455 g/mol. The van der Waals surface area contributed by atoms with Gasteiger partial charge in [0.1, 0.15) is 5.82 Å². The van der Waals surface area contributed by atoms with Gasteiger partial charge in [0.2, 0.25) is 10.0 Å². The number of rotatable bonds is 3. The van der Waals surface area contributed by atoms with E-state index in [1.165, 1.54) is 0 Å². The topological polar surface area (TPSA) is 85.9 Å². The van der Waals surface area contributed by atoms with Crippen molar-refractivity contribution in [3.05, 3.63) is 42.1 Å². The predicted molar refractivity (Wildman–Crippen MR) is 126 cm³/mol. The molecule has 0 radical (unpaired) electrons. The lowest BCUT2D eigenvalue weighted by atomic mass is 9.91. The molecular formula is C23H29N5O3S. The molecule has 9 heteroatoms. The van der Waals surface area contributed by atoms with Crippen LogP contribution in [0.5, 0.6) is 0 Å². The van der Waals surface area contributed by atoms with Crippen LogP contribution in [-0.2, 0) is 10.0 Å². The van der Waals surface area contributed by atoms with Gasteiger partial charge in [-0.25, -0.2) is 13.4 Å². The van der Waals surface area contributed by atoms with Crippen LogP contribution in [0.25, 0.3) is 0 Å². The second-order valence-corrected chi connectivity index (χ2v) is 11.0. The Labute approximate surface area is 189 Å². The molecule has 1 aromatic heterocycles. The molecule has 5 rings (SSSR count). The maximum absolute atomic E-state index is 12.9. The molecule has 2 aliphatic heterocycles. The van der Waals surface area contributed by atoms with Crippen molar-refractivity contribution >= 4 is 38.8 Å². The van der Waals surface area contributed by atoms with Crippen LogP contribution in [0.4, 0.5) is 22.9 Å². The van der Waals surface area contributed by atoms with Crippen molar-refractivity contribution in [1.29, 1.82) is 0 Å². The van der Waals surface area contributed by atoms with Crippen molar-refractivity contribution in [3.63, 3.8) is 0 Å². The zero-order valence-electron chi connectivity index (χ0n) is 18.5. The maximum Gasteiger partial charge on any atom is 0.260 e. The van der Waals surface area contributed by atoms with Gasteiger partial charge in [0.25, 0.3) is 5.91 Å². The van der Waals surface area contributed by atoms with Crippen LogP contribution in [0.3, 0.4) is 0 Å². The van der Waals surface area contributed by atoms with Gasteiger partial charge in [0, 0.05) is 38.8 Å². The number of para-hydroxylation sites is 1. The molecule has 3 aliphatic rings. The molecule has 3 heterocycles. The molecule has 2 fully saturated rings. The van der Waals surface area contributed by atoms with Gasteiger partial charge in [-0.2, -0.15) is 4.31 Å². The van der Waals surface area contributed by atoms with Crippen molar-refractivity contribution in [2.75, 3.05) is 41.5 Å². The molecule has 1 N–H and O–H groups in total. The molecule has 0 unspecified atom stereocenters. The Hall–Kier alpha value is -2.65. The van der Waals surface area contributed by atoms with E-state index in [9.17, 15) is 13.2 Å². The number of pyridine rings is 1. The van der Waals surface area contributed by atoms with Crippen molar-refractivity contribution in [2.45, 2.75) is 44.2 Å². The summed E-state index contributed by atoms with van der Waals surface area (Å²) in [6.45, 7) is 0.664. The quantitative estimate of drug-likeness (QED) is 0.765. The van der Waals surface area contributed by atoms with Gasteiger partial charge in [-0.05, 0) is 44.2 Å². The molecule has 0 spiro atoms. The summed E-state index contributed by atoms with van der Waals surface area (Å²) in [5.74, 6) is 1.01. The number of carbonyl (C=O) groups is 1. The average Bonchev–Trinajstić information content (AvgIpc) is 3.13. The van der Waals surface area contributed by atoms with E-state index >= 15 is 0 Å². The van der Waals surface area contributed by atoms with Crippen LogP contribution in [0, 0.1) is 0 Å². The van der Waals surface area contributed by atoms with E-state index in [1.807, 2.05) is 42.3 Å². The normalized spacial score (nSPS) is 25.2. The second-order valence-electron chi connectivity index (χ2n) is 8.93. The summed E-state index contributed by atoms with van der Waals surface area (Å²) in [6, 6.07) is 10.0. The van der Waals surface area contributed by atoms with E-state index in [0.29, 0.717) is 12.1 Å². The molecule has 1 aromatic carbocycles. The first-order valence-electron chi connectivity index (χ1n) is 11.2. The van der Waals surface area contributed by atoms with E-state index in [0.717, 1.165) is 55.0 Å². The Balaban J connectivity index is 1.33. The summed E-state index contributed by atoms with van der Waals surface area (Å²) in [6.07, 6.45) is 6.05. The average molecular weight is 456 g/mol. The standard InChI is InChI=1S/C23H29N5O3S/c1-26-19-7-4-3-6-18(19)23(29)27(2)21-15-24-22(14-20(21)26)25-16-8-10-17(11-9-16)28-12-5-13-32(28,30)31/h3-4,6-7,14-17H,5,8-13H2,1-2H3,(H,24,25)/t16-,17-. The fourth-order valence-corrected chi connectivity index (χ4v) is 7.00. The third kappa shape index (κ3) is 3.63. The molecule has 1 saturated carbocycles. The molecule has 1 aliphatic carbocycles. The summed E-state index contributed by atoms with van der Waals surface area (Å²) in [4.78, 5) is 21.2. The van der Waals surface area contributed by atoms with Gasteiger partial charge in [0.05, 0.1) is 34.6 Å².